The molecule has 0 aromatic rings. The largest absolute Gasteiger partial charge is 0.466 e. The standard InChI is InChI=1S/C23H40N2O8/c1-8-31-20(28)12-10-9-11-19(33-23(30)15(4)5)21(25-17(7)27)18(24-16(6)26)13-32-22(29)14(2)3/h14-15,18-19,21H,8-13H2,1-7H3,(H,24,26)(H,25,27). The van der Waals surface area contributed by atoms with E-state index < -0.39 is 47.9 Å². The molecule has 2 amide bonds. The van der Waals surface area contributed by atoms with Gasteiger partial charge in [0, 0.05) is 20.3 Å². The SMILES string of the molecule is CCOC(=O)CCCCC(OC(=O)C(C)C)C(NC(C)=O)C(COC(=O)C(C)C)NC(C)=O. The van der Waals surface area contributed by atoms with Gasteiger partial charge in [0.1, 0.15) is 12.7 Å². The van der Waals surface area contributed by atoms with Crippen LogP contribution in [0, 0.1) is 11.8 Å². The lowest BCUT2D eigenvalue weighted by atomic mass is 9.96. The van der Waals surface area contributed by atoms with Crippen molar-refractivity contribution in [1.29, 1.82) is 0 Å². The highest BCUT2D eigenvalue weighted by molar-refractivity contribution is 5.76. The first kappa shape index (κ1) is 30.4. The van der Waals surface area contributed by atoms with Gasteiger partial charge in [0.15, 0.2) is 0 Å². The van der Waals surface area contributed by atoms with E-state index in [2.05, 4.69) is 10.6 Å². The number of esters is 3. The van der Waals surface area contributed by atoms with Crippen molar-refractivity contribution in [3.05, 3.63) is 0 Å². The normalized spacial score (nSPS) is 13.6. The van der Waals surface area contributed by atoms with Crippen LogP contribution in [0.5, 0.6) is 0 Å². The zero-order valence-electron chi connectivity index (χ0n) is 20.9. The third-order valence-corrected chi connectivity index (χ3v) is 4.63. The van der Waals surface area contributed by atoms with Crippen molar-refractivity contribution in [1.82, 2.24) is 10.6 Å². The number of nitrogens with one attached hydrogen (secondary N) is 2. The number of hydrogen-bond acceptors (Lipinski definition) is 8. The summed E-state index contributed by atoms with van der Waals surface area (Å²) in [6.07, 6.45) is 0.709. The smallest absolute Gasteiger partial charge is 0.308 e. The number of carbonyl (C=O) groups is 5. The summed E-state index contributed by atoms with van der Waals surface area (Å²) in [6.45, 7) is 11.1. The summed E-state index contributed by atoms with van der Waals surface area (Å²) in [6, 6.07) is -1.68. The molecular formula is C23H40N2O8. The Bertz CT molecular complexity index is 663. The van der Waals surface area contributed by atoms with Gasteiger partial charge in [0.05, 0.1) is 30.5 Å². The molecule has 3 unspecified atom stereocenters. The molecule has 0 saturated heterocycles. The second-order valence-corrected chi connectivity index (χ2v) is 8.50. The molecule has 0 bridgehead atoms. The fourth-order valence-corrected chi connectivity index (χ4v) is 2.97. The number of rotatable bonds is 15. The van der Waals surface area contributed by atoms with Crippen LogP contribution in [0.4, 0.5) is 0 Å². The Morgan fingerprint density at radius 1 is 0.788 bits per heavy atom. The highest BCUT2D eigenvalue weighted by Crippen LogP contribution is 2.17. The summed E-state index contributed by atoms with van der Waals surface area (Å²) < 4.78 is 15.9. The van der Waals surface area contributed by atoms with E-state index in [0.717, 1.165) is 0 Å². The predicted octanol–water partition coefficient (Wildman–Crippen LogP) is 1.89. The zero-order valence-corrected chi connectivity index (χ0v) is 20.9. The van der Waals surface area contributed by atoms with Crippen LogP contribution in [-0.4, -0.2) is 61.1 Å². The molecule has 190 valence electrons. The molecular weight excluding hydrogens is 432 g/mol. The highest BCUT2D eigenvalue weighted by atomic mass is 16.5. The molecule has 0 aliphatic carbocycles. The Morgan fingerprint density at radius 3 is 1.85 bits per heavy atom. The van der Waals surface area contributed by atoms with Crippen molar-refractivity contribution in [2.24, 2.45) is 11.8 Å². The quantitative estimate of drug-likeness (QED) is 0.209. The van der Waals surface area contributed by atoms with E-state index in [1.165, 1.54) is 13.8 Å². The van der Waals surface area contributed by atoms with Crippen LogP contribution in [0.1, 0.15) is 74.1 Å². The van der Waals surface area contributed by atoms with Crippen LogP contribution in [0.2, 0.25) is 0 Å². The number of ether oxygens (including phenoxy) is 3. The molecule has 0 radical (unpaired) electrons. The monoisotopic (exact) mass is 472 g/mol. The lowest BCUT2D eigenvalue weighted by Gasteiger charge is -2.34. The second-order valence-electron chi connectivity index (χ2n) is 8.50. The van der Waals surface area contributed by atoms with E-state index in [4.69, 9.17) is 14.2 Å². The Labute approximate surface area is 196 Å². The Hall–Kier alpha value is -2.65. The van der Waals surface area contributed by atoms with Gasteiger partial charge in [-0.1, -0.05) is 27.7 Å². The van der Waals surface area contributed by atoms with Gasteiger partial charge < -0.3 is 24.8 Å². The fourth-order valence-electron chi connectivity index (χ4n) is 2.97. The van der Waals surface area contributed by atoms with E-state index in [-0.39, 0.29) is 24.9 Å². The fraction of sp³-hybridized carbons (Fsp3) is 0.783. The van der Waals surface area contributed by atoms with Crippen LogP contribution < -0.4 is 10.6 Å². The third kappa shape index (κ3) is 13.5. The van der Waals surface area contributed by atoms with Crippen LogP contribution in [0.15, 0.2) is 0 Å². The average Bonchev–Trinajstić information content (AvgIpc) is 2.70. The van der Waals surface area contributed by atoms with Gasteiger partial charge in [-0.3, -0.25) is 24.0 Å². The molecule has 0 rings (SSSR count). The van der Waals surface area contributed by atoms with Crippen LogP contribution >= 0.6 is 0 Å². The van der Waals surface area contributed by atoms with Crippen molar-refractivity contribution < 1.29 is 38.2 Å². The van der Waals surface area contributed by atoms with Gasteiger partial charge in [0.25, 0.3) is 0 Å². The van der Waals surface area contributed by atoms with Crippen molar-refractivity contribution in [3.8, 4) is 0 Å². The maximum Gasteiger partial charge on any atom is 0.308 e. The first-order chi connectivity index (χ1) is 15.4. The summed E-state index contributed by atoms with van der Waals surface area (Å²) in [5.41, 5.74) is 0. The third-order valence-electron chi connectivity index (χ3n) is 4.63. The number of amides is 2. The summed E-state index contributed by atoms with van der Waals surface area (Å²) in [5.74, 6) is -2.83. The lowest BCUT2D eigenvalue weighted by Crippen LogP contribution is -2.59. The van der Waals surface area contributed by atoms with Gasteiger partial charge in [-0.15, -0.1) is 0 Å². The number of hydrogen-bond donors (Lipinski definition) is 2. The van der Waals surface area contributed by atoms with Crippen LogP contribution in [-0.2, 0) is 38.2 Å². The topological polar surface area (TPSA) is 137 Å². The van der Waals surface area contributed by atoms with Crippen molar-refractivity contribution in [2.75, 3.05) is 13.2 Å². The maximum absolute atomic E-state index is 12.4. The number of carbonyl (C=O) groups excluding carboxylic acids is 5. The molecule has 0 heterocycles. The van der Waals surface area contributed by atoms with Crippen molar-refractivity contribution >= 4 is 29.7 Å². The Balaban J connectivity index is 5.69. The van der Waals surface area contributed by atoms with E-state index in [1.807, 2.05) is 0 Å². The van der Waals surface area contributed by atoms with E-state index >= 15 is 0 Å². The van der Waals surface area contributed by atoms with Gasteiger partial charge in [-0.05, 0) is 26.2 Å². The van der Waals surface area contributed by atoms with Crippen molar-refractivity contribution in [2.45, 2.75) is 92.3 Å². The van der Waals surface area contributed by atoms with Crippen molar-refractivity contribution in [3.63, 3.8) is 0 Å². The minimum atomic E-state index is -0.850. The van der Waals surface area contributed by atoms with Gasteiger partial charge in [-0.25, -0.2) is 0 Å². The Kier molecular flexibility index (Phi) is 14.8. The molecule has 0 fully saturated rings. The van der Waals surface area contributed by atoms with E-state index in [1.54, 1.807) is 34.6 Å². The molecule has 0 aliphatic heterocycles. The molecule has 0 aromatic heterocycles. The van der Waals surface area contributed by atoms with Crippen LogP contribution in [0.25, 0.3) is 0 Å². The first-order valence-corrected chi connectivity index (χ1v) is 11.5. The molecule has 10 nitrogen and oxygen atoms in total. The minimum Gasteiger partial charge on any atom is -0.466 e. The van der Waals surface area contributed by atoms with E-state index in [9.17, 15) is 24.0 Å². The molecule has 10 heteroatoms. The molecule has 0 spiro atoms. The summed E-state index contributed by atoms with van der Waals surface area (Å²) in [7, 11) is 0. The molecule has 33 heavy (non-hydrogen) atoms. The summed E-state index contributed by atoms with van der Waals surface area (Å²) >= 11 is 0. The number of unbranched alkanes of at least 4 members (excludes halogenated alkanes) is 1. The molecule has 0 aliphatic rings. The minimum absolute atomic E-state index is 0.208. The second kappa shape index (κ2) is 16.0. The van der Waals surface area contributed by atoms with Gasteiger partial charge in [0.2, 0.25) is 11.8 Å². The summed E-state index contributed by atoms with van der Waals surface area (Å²) in [5, 5.41) is 5.43. The first-order valence-electron chi connectivity index (χ1n) is 11.5. The maximum atomic E-state index is 12.4. The average molecular weight is 473 g/mol. The Morgan fingerprint density at radius 2 is 1.36 bits per heavy atom. The van der Waals surface area contributed by atoms with Crippen LogP contribution in [0.3, 0.4) is 0 Å². The lowest BCUT2D eigenvalue weighted by molar-refractivity contribution is -0.158. The van der Waals surface area contributed by atoms with E-state index in [0.29, 0.717) is 25.9 Å². The predicted molar refractivity (Wildman–Crippen MR) is 121 cm³/mol. The zero-order chi connectivity index (χ0) is 25.6. The van der Waals surface area contributed by atoms with Gasteiger partial charge >= 0.3 is 17.9 Å². The molecule has 0 saturated carbocycles. The molecule has 2 N–H and O–H groups in total. The van der Waals surface area contributed by atoms with Gasteiger partial charge in [-0.2, -0.15) is 0 Å². The molecule has 3 atom stereocenters. The summed E-state index contributed by atoms with van der Waals surface area (Å²) in [4.78, 5) is 59.8. The highest BCUT2D eigenvalue weighted by Gasteiger charge is 2.35. The molecule has 0 aromatic carbocycles.